The third kappa shape index (κ3) is 4.93. The van der Waals surface area contributed by atoms with Crippen LogP contribution in [0.25, 0.3) is 0 Å². The lowest BCUT2D eigenvalue weighted by Gasteiger charge is -2.31. The molecule has 1 saturated heterocycles. The number of aryl methyl sites for hydroxylation is 1. The molecule has 1 aromatic heterocycles. The van der Waals surface area contributed by atoms with Crippen molar-refractivity contribution in [3.05, 3.63) is 76.6 Å². The van der Waals surface area contributed by atoms with Crippen molar-refractivity contribution in [2.24, 2.45) is 5.92 Å². The number of aromatic nitrogens is 3. The summed E-state index contributed by atoms with van der Waals surface area (Å²) in [6.07, 6.45) is 0.712. The van der Waals surface area contributed by atoms with Gasteiger partial charge in [-0.1, -0.05) is 35.0 Å². The van der Waals surface area contributed by atoms with E-state index in [0.717, 1.165) is 23.8 Å². The molecule has 0 aliphatic carbocycles. The van der Waals surface area contributed by atoms with Crippen molar-refractivity contribution < 1.29 is 23.1 Å². The van der Waals surface area contributed by atoms with E-state index in [1.807, 2.05) is 31.2 Å². The number of nitrogens with one attached hydrogen (secondary N) is 1. The van der Waals surface area contributed by atoms with Crippen LogP contribution in [0.1, 0.15) is 46.3 Å². The maximum absolute atomic E-state index is 13.4. The molecule has 35 heavy (non-hydrogen) atoms. The van der Waals surface area contributed by atoms with Crippen molar-refractivity contribution in [3.63, 3.8) is 0 Å². The largest absolute Gasteiger partial charge is 0.365 e. The summed E-state index contributed by atoms with van der Waals surface area (Å²) < 4.78 is 34.5. The number of carbonyl (C=O) groups excluding carboxylic acids is 2. The standard InChI is InChI=1S/C25H25F2N5O3/c1-15-2-4-16(5-3-15)22-13-32-21(14-35-22)23(29-30-32)25(34)31-8-6-17(7-9-31)24(33)28-20-11-18(26)10-19(27)12-20/h2-5,10-12,17,22H,6-9,13-14H2,1H3,(H,28,33). The van der Waals surface area contributed by atoms with Gasteiger partial charge in [0.1, 0.15) is 17.7 Å². The number of halogens is 2. The maximum Gasteiger partial charge on any atom is 0.276 e. The van der Waals surface area contributed by atoms with Gasteiger partial charge < -0.3 is 15.0 Å². The van der Waals surface area contributed by atoms with E-state index in [1.165, 1.54) is 5.56 Å². The summed E-state index contributed by atoms with van der Waals surface area (Å²) in [7, 11) is 0. The van der Waals surface area contributed by atoms with Crippen LogP contribution < -0.4 is 5.32 Å². The van der Waals surface area contributed by atoms with Crippen molar-refractivity contribution in [2.75, 3.05) is 18.4 Å². The fourth-order valence-corrected chi connectivity index (χ4v) is 4.53. The lowest BCUT2D eigenvalue weighted by Crippen LogP contribution is -2.42. The van der Waals surface area contributed by atoms with Gasteiger partial charge in [0.2, 0.25) is 5.91 Å². The van der Waals surface area contributed by atoms with Gasteiger partial charge in [0, 0.05) is 30.8 Å². The molecule has 1 fully saturated rings. The van der Waals surface area contributed by atoms with E-state index in [1.54, 1.807) is 9.58 Å². The molecule has 2 amide bonds. The summed E-state index contributed by atoms with van der Waals surface area (Å²) in [5.41, 5.74) is 3.21. The number of nitrogens with zero attached hydrogens (tertiary/aromatic N) is 4. The Kier molecular flexibility index (Phi) is 6.29. The van der Waals surface area contributed by atoms with Crippen LogP contribution in [0.5, 0.6) is 0 Å². The Balaban J connectivity index is 1.19. The summed E-state index contributed by atoms with van der Waals surface area (Å²) in [6.45, 7) is 3.47. The van der Waals surface area contributed by atoms with E-state index in [4.69, 9.17) is 4.74 Å². The van der Waals surface area contributed by atoms with Crippen molar-refractivity contribution in [1.29, 1.82) is 0 Å². The predicted octanol–water partition coefficient (Wildman–Crippen LogP) is 3.63. The van der Waals surface area contributed by atoms with Crippen molar-refractivity contribution in [1.82, 2.24) is 19.9 Å². The van der Waals surface area contributed by atoms with Crippen LogP contribution in [0.4, 0.5) is 14.5 Å². The number of likely N-dealkylation sites (tertiary alicyclic amines) is 1. The number of hydrogen-bond acceptors (Lipinski definition) is 5. The number of amides is 2. The average molecular weight is 482 g/mol. The summed E-state index contributed by atoms with van der Waals surface area (Å²) in [5.74, 6) is -2.44. The monoisotopic (exact) mass is 481 g/mol. The first kappa shape index (κ1) is 23.1. The minimum absolute atomic E-state index is 0.0747. The second-order valence-electron chi connectivity index (χ2n) is 8.99. The molecule has 2 aliphatic rings. The van der Waals surface area contributed by atoms with Gasteiger partial charge in [-0.15, -0.1) is 5.10 Å². The Morgan fingerprint density at radius 2 is 1.74 bits per heavy atom. The average Bonchev–Trinajstić information content (AvgIpc) is 3.27. The smallest absolute Gasteiger partial charge is 0.276 e. The topological polar surface area (TPSA) is 89.4 Å². The highest BCUT2D eigenvalue weighted by atomic mass is 19.1. The molecule has 1 unspecified atom stereocenters. The first-order valence-corrected chi connectivity index (χ1v) is 11.5. The van der Waals surface area contributed by atoms with E-state index in [9.17, 15) is 18.4 Å². The Labute approximate surface area is 200 Å². The van der Waals surface area contributed by atoms with Gasteiger partial charge in [0.15, 0.2) is 5.69 Å². The normalized spacial score (nSPS) is 18.3. The number of carbonyl (C=O) groups is 2. The van der Waals surface area contributed by atoms with E-state index in [2.05, 4.69) is 15.6 Å². The SMILES string of the molecule is Cc1ccc(C2Cn3nnc(C(=O)N4CCC(C(=O)Nc5cc(F)cc(F)c5)CC4)c3CO2)cc1. The Hall–Kier alpha value is -3.66. The number of anilines is 1. The zero-order chi connectivity index (χ0) is 24.5. The number of piperidine rings is 1. The summed E-state index contributed by atoms with van der Waals surface area (Å²) in [5, 5.41) is 10.9. The van der Waals surface area contributed by atoms with Crippen LogP contribution in [0.15, 0.2) is 42.5 Å². The van der Waals surface area contributed by atoms with Crippen LogP contribution in [0, 0.1) is 24.5 Å². The molecular weight excluding hydrogens is 456 g/mol. The Morgan fingerprint density at radius 3 is 2.43 bits per heavy atom. The number of benzene rings is 2. The molecule has 1 N–H and O–H groups in total. The third-order valence-corrected chi connectivity index (χ3v) is 6.53. The fourth-order valence-electron chi connectivity index (χ4n) is 4.53. The molecule has 0 saturated carbocycles. The zero-order valence-electron chi connectivity index (χ0n) is 19.2. The Bertz CT molecular complexity index is 1230. The predicted molar refractivity (Wildman–Crippen MR) is 122 cm³/mol. The highest BCUT2D eigenvalue weighted by Crippen LogP contribution is 2.28. The number of ether oxygens (including phenoxy) is 1. The van der Waals surface area contributed by atoms with E-state index >= 15 is 0 Å². The number of hydrogen-bond donors (Lipinski definition) is 1. The van der Waals surface area contributed by atoms with Crippen molar-refractivity contribution in [2.45, 2.75) is 39.0 Å². The molecule has 1 atom stereocenters. The van der Waals surface area contributed by atoms with Gasteiger partial charge in [0.05, 0.1) is 18.8 Å². The molecule has 10 heteroatoms. The highest BCUT2D eigenvalue weighted by molar-refractivity contribution is 5.94. The van der Waals surface area contributed by atoms with Gasteiger partial charge >= 0.3 is 0 Å². The second-order valence-corrected chi connectivity index (χ2v) is 8.99. The first-order chi connectivity index (χ1) is 16.9. The molecule has 2 aliphatic heterocycles. The van der Waals surface area contributed by atoms with E-state index in [-0.39, 0.29) is 41.8 Å². The number of rotatable bonds is 4. The molecule has 0 radical (unpaired) electrons. The number of fused-ring (bicyclic) bond motifs is 1. The van der Waals surface area contributed by atoms with Gasteiger partial charge in [0.25, 0.3) is 5.91 Å². The van der Waals surface area contributed by atoms with Gasteiger partial charge in [-0.2, -0.15) is 0 Å². The molecule has 0 spiro atoms. The highest BCUT2D eigenvalue weighted by Gasteiger charge is 2.33. The van der Waals surface area contributed by atoms with Crippen LogP contribution in [0.2, 0.25) is 0 Å². The molecule has 3 heterocycles. The fraction of sp³-hybridized carbons (Fsp3) is 0.360. The van der Waals surface area contributed by atoms with Crippen LogP contribution >= 0.6 is 0 Å². The molecule has 8 nitrogen and oxygen atoms in total. The second kappa shape index (κ2) is 9.53. The first-order valence-electron chi connectivity index (χ1n) is 11.5. The van der Waals surface area contributed by atoms with Gasteiger partial charge in [-0.3, -0.25) is 9.59 Å². The third-order valence-electron chi connectivity index (χ3n) is 6.53. The molecule has 5 rings (SSSR count). The summed E-state index contributed by atoms with van der Waals surface area (Å²) >= 11 is 0. The molecule has 0 bridgehead atoms. The maximum atomic E-state index is 13.4. The molecule has 3 aromatic rings. The summed E-state index contributed by atoms with van der Waals surface area (Å²) in [6, 6.07) is 11.0. The van der Waals surface area contributed by atoms with Gasteiger partial charge in [-0.25, -0.2) is 13.5 Å². The van der Waals surface area contributed by atoms with Crippen LogP contribution in [0.3, 0.4) is 0 Å². The minimum atomic E-state index is -0.758. The van der Waals surface area contributed by atoms with E-state index < -0.39 is 11.6 Å². The van der Waals surface area contributed by atoms with E-state index in [0.29, 0.717) is 38.2 Å². The lowest BCUT2D eigenvalue weighted by molar-refractivity contribution is -0.121. The quantitative estimate of drug-likeness (QED) is 0.615. The minimum Gasteiger partial charge on any atom is -0.365 e. The molecule has 182 valence electrons. The van der Waals surface area contributed by atoms with Crippen molar-refractivity contribution in [3.8, 4) is 0 Å². The summed E-state index contributed by atoms with van der Waals surface area (Å²) in [4.78, 5) is 27.3. The lowest BCUT2D eigenvalue weighted by atomic mass is 9.95. The molecule has 2 aromatic carbocycles. The Morgan fingerprint density at radius 1 is 1.06 bits per heavy atom. The van der Waals surface area contributed by atoms with Gasteiger partial charge in [-0.05, 0) is 37.5 Å². The van der Waals surface area contributed by atoms with Crippen LogP contribution in [-0.4, -0.2) is 44.8 Å². The zero-order valence-corrected chi connectivity index (χ0v) is 19.2. The molecular formula is C25H25F2N5O3. The van der Waals surface area contributed by atoms with Crippen LogP contribution in [-0.2, 0) is 22.7 Å². The van der Waals surface area contributed by atoms with Crippen molar-refractivity contribution >= 4 is 17.5 Å².